The number of nitrogens with zero attached hydrogens (tertiary/aromatic N) is 1. The van der Waals surface area contributed by atoms with E-state index in [9.17, 15) is 5.11 Å². The first-order valence-electron chi connectivity index (χ1n) is 7.79. The van der Waals surface area contributed by atoms with Crippen LogP contribution in [0.3, 0.4) is 0 Å². The van der Waals surface area contributed by atoms with Gasteiger partial charge in [0.05, 0.1) is 0 Å². The van der Waals surface area contributed by atoms with Gasteiger partial charge in [0.25, 0.3) is 0 Å². The second kappa shape index (κ2) is 6.27. The number of hydrogen-bond donors (Lipinski definition) is 2. The molecule has 3 nitrogen and oxygen atoms in total. The molecule has 0 amide bonds. The van der Waals surface area contributed by atoms with E-state index in [1.54, 1.807) is 0 Å². The summed E-state index contributed by atoms with van der Waals surface area (Å²) in [5, 5.41) is 11.9. The fourth-order valence-electron chi connectivity index (χ4n) is 3.00. The number of nitrogens with two attached hydrogens (primary N) is 1. The monoisotopic (exact) mass is 376 g/mol. The summed E-state index contributed by atoms with van der Waals surface area (Å²) < 4.78 is 2.59. The molecule has 0 radical (unpaired) electrons. The average molecular weight is 376 g/mol. The van der Waals surface area contributed by atoms with Gasteiger partial charge in [0.15, 0.2) is 0 Å². The van der Waals surface area contributed by atoms with Crippen LogP contribution in [0.5, 0.6) is 0 Å². The number of aliphatic hydroxyl groups excluding tert-OH is 1. The van der Waals surface area contributed by atoms with Crippen LogP contribution < -0.4 is 14.4 Å². The average Bonchev–Trinajstić information content (AvgIpc) is 2.61. The zero-order valence-electron chi connectivity index (χ0n) is 13.0. The van der Waals surface area contributed by atoms with E-state index in [0.29, 0.717) is 5.69 Å². The molecule has 4 heteroatoms. The first-order chi connectivity index (χ1) is 11.7. The number of fused-ring (bicyclic) bond motifs is 2. The van der Waals surface area contributed by atoms with Gasteiger partial charge in [-0.25, -0.2) is 0 Å². The molecule has 3 N–H and O–H groups in total. The van der Waals surface area contributed by atoms with Gasteiger partial charge in [0.1, 0.15) is 0 Å². The number of para-hydroxylation sites is 2. The number of hydrogen-bond acceptors (Lipinski definition) is 3. The van der Waals surface area contributed by atoms with Gasteiger partial charge in [0.2, 0.25) is 0 Å². The Bertz CT molecular complexity index is 992. The van der Waals surface area contributed by atoms with E-state index in [-0.39, 0.29) is 6.61 Å². The van der Waals surface area contributed by atoms with E-state index in [2.05, 4.69) is 42.5 Å². The van der Waals surface area contributed by atoms with Crippen LogP contribution in [0, 0.1) is 0 Å². The molecule has 0 saturated carbocycles. The van der Waals surface area contributed by atoms with Crippen LogP contribution in [-0.4, -0.2) is 25.8 Å². The van der Waals surface area contributed by atoms with Crippen molar-refractivity contribution in [3.05, 3.63) is 72.3 Å². The van der Waals surface area contributed by atoms with Gasteiger partial charge in [-0.15, -0.1) is 0 Å². The van der Waals surface area contributed by atoms with Crippen molar-refractivity contribution in [2.75, 3.05) is 5.73 Å². The van der Waals surface area contributed by atoms with Crippen molar-refractivity contribution >= 4 is 51.9 Å². The van der Waals surface area contributed by atoms with Crippen LogP contribution in [0.4, 0.5) is 5.69 Å². The summed E-state index contributed by atoms with van der Waals surface area (Å²) in [6, 6.07) is 22.5. The van der Waals surface area contributed by atoms with Gasteiger partial charge in [-0.1, -0.05) is 0 Å². The van der Waals surface area contributed by atoms with E-state index in [4.69, 9.17) is 10.7 Å². The molecule has 0 spiro atoms. The van der Waals surface area contributed by atoms with Gasteiger partial charge in [-0.05, 0) is 0 Å². The third kappa shape index (κ3) is 2.77. The van der Waals surface area contributed by atoms with Crippen LogP contribution in [0.1, 0.15) is 5.56 Å². The van der Waals surface area contributed by atoms with Crippen molar-refractivity contribution < 1.29 is 5.11 Å². The van der Waals surface area contributed by atoms with Crippen LogP contribution in [0.25, 0.3) is 21.8 Å². The van der Waals surface area contributed by atoms with Gasteiger partial charge in [0, 0.05) is 0 Å². The Labute approximate surface area is 146 Å². The third-order valence-electron chi connectivity index (χ3n) is 4.05. The first-order valence-corrected chi connectivity index (χ1v) is 9.89. The van der Waals surface area contributed by atoms with E-state index in [1.165, 1.54) is 19.5 Å². The number of anilines is 1. The molecule has 0 fully saturated rings. The zero-order chi connectivity index (χ0) is 16.5. The number of benzene rings is 3. The predicted octanol–water partition coefficient (Wildman–Crippen LogP) is 1.85. The summed E-state index contributed by atoms with van der Waals surface area (Å²) in [6.45, 7) is 0.0159. The zero-order valence-corrected chi connectivity index (χ0v) is 15.1. The minimum absolute atomic E-state index is 0.0159. The summed E-state index contributed by atoms with van der Waals surface area (Å²) in [7, 11) is 0. The third-order valence-corrected chi connectivity index (χ3v) is 6.92. The van der Waals surface area contributed by atoms with Crippen molar-refractivity contribution in [1.29, 1.82) is 0 Å². The summed E-state index contributed by atoms with van der Waals surface area (Å²) in [6.07, 6.45) is 0. The van der Waals surface area contributed by atoms with Gasteiger partial charge < -0.3 is 0 Å². The van der Waals surface area contributed by atoms with Crippen molar-refractivity contribution in [3.8, 4) is 0 Å². The van der Waals surface area contributed by atoms with E-state index in [0.717, 1.165) is 16.6 Å². The first kappa shape index (κ1) is 15.2. The molecule has 1 aromatic heterocycles. The van der Waals surface area contributed by atoms with Crippen molar-refractivity contribution in [1.82, 2.24) is 4.98 Å². The molecule has 118 valence electrons. The topological polar surface area (TPSA) is 59.1 Å². The Morgan fingerprint density at radius 1 is 0.875 bits per heavy atom. The summed E-state index contributed by atoms with van der Waals surface area (Å²) >= 11 is -0.610. The Balaban J connectivity index is 1.95. The van der Waals surface area contributed by atoms with E-state index < -0.39 is 15.8 Å². The predicted molar refractivity (Wildman–Crippen MR) is 102 cm³/mol. The Morgan fingerprint density at radius 3 is 2.12 bits per heavy atom. The van der Waals surface area contributed by atoms with E-state index in [1.807, 2.05) is 24.3 Å². The number of pyridine rings is 1. The number of nitrogen functional groups attached to an aromatic ring is 1. The molecule has 0 aliphatic heterocycles. The fraction of sp³-hybridized carbons (Fsp3) is 0.0500. The summed E-state index contributed by atoms with van der Waals surface area (Å²) in [5.74, 6) is 0. The number of aromatic nitrogens is 1. The molecule has 0 bridgehead atoms. The van der Waals surface area contributed by atoms with Crippen molar-refractivity contribution in [2.24, 2.45) is 0 Å². The molecule has 1 unspecified atom stereocenters. The number of aliphatic hydroxyl groups is 1. The molecule has 3 aromatic carbocycles. The molecule has 1 atom stereocenters. The molecule has 0 aliphatic rings. The molecule has 1 heterocycles. The molecule has 0 aliphatic carbocycles. The summed E-state index contributed by atoms with van der Waals surface area (Å²) in [4.78, 5) is 4.79. The molecule has 24 heavy (non-hydrogen) atoms. The van der Waals surface area contributed by atoms with E-state index >= 15 is 0 Å². The SMILES string of the molecule is Nc1cc(CO)cc([AsH]c2c3ccccc3nc3ccccc23)c1. The van der Waals surface area contributed by atoms with Gasteiger partial charge >= 0.3 is 147 Å². The van der Waals surface area contributed by atoms with Crippen LogP contribution in [-0.2, 0) is 6.61 Å². The minimum atomic E-state index is -0.610. The molecule has 4 aromatic rings. The normalized spacial score (nSPS) is 11.7. The quantitative estimate of drug-likeness (QED) is 0.326. The second-order valence-electron chi connectivity index (χ2n) is 5.77. The molecular weight excluding hydrogens is 359 g/mol. The maximum atomic E-state index is 9.44. The van der Waals surface area contributed by atoms with Crippen LogP contribution >= 0.6 is 0 Å². The molecular formula is C20H17AsN2O. The standard InChI is InChI=1S/C20H17AsN2O/c22-15-10-13(12-24)9-14(11-15)21-20-16-5-1-3-7-18(16)23-19-8-4-2-6-17(19)20/h1-11,21,24H,12,22H2. The van der Waals surface area contributed by atoms with Crippen molar-refractivity contribution in [2.45, 2.75) is 6.61 Å². The fourth-order valence-corrected chi connectivity index (χ4v) is 6.10. The van der Waals surface area contributed by atoms with Gasteiger partial charge in [-0.2, -0.15) is 0 Å². The van der Waals surface area contributed by atoms with Crippen molar-refractivity contribution in [3.63, 3.8) is 0 Å². The maximum absolute atomic E-state index is 9.44. The second-order valence-corrected chi connectivity index (χ2v) is 8.55. The number of rotatable bonds is 3. The van der Waals surface area contributed by atoms with Crippen LogP contribution in [0.2, 0.25) is 0 Å². The summed E-state index contributed by atoms with van der Waals surface area (Å²) in [5.41, 5.74) is 9.65. The Morgan fingerprint density at radius 2 is 1.50 bits per heavy atom. The van der Waals surface area contributed by atoms with Crippen LogP contribution in [0.15, 0.2) is 66.7 Å². The van der Waals surface area contributed by atoms with Gasteiger partial charge in [-0.3, -0.25) is 0 Å². The Hall–Kier alpha value is -2.35. The Kier molecular flexibility index (Phi) is 3.97. The molecule has 0 saturated heterocycles. The molecule has 4 rings (SSSR count).